The number of hydrogen-bond acceptors (Lipinski definition) is 4. The van der Waals surface area contributed by atoms with E-state index < -0.39 is 0 Å². The molecule has 2 heterocycles. The fraction of sp³-hybridized carbons (Fsp3) is 0.108. The molecule has 6 nitrogen and oxygen atoms in total. The number of para-hydroxylation sites is 2. The summed E-state index contributed by atoms with van der Waals surface area (Å²) >= 11 is 0. The zero-order valence-corrected chi connectivity index (χ0v) is 40.0. The Morgan fingerprint density at radius 1 is 0.437 bits per heavy atom. The minimum atomic E-state index is -0.306. The van der Waals surface area contributed by atoms with Gasteiger partial charge in [-0.25, -0.2) is 0 Å². The van der Waals surface area contributed by atoms with Gasteiger partial charge in [0.05, 0.1) is 55.7 Å². The Morgan fingerprint density at radius 2 is 0.873 bits per heavy atom. The molecule has 0 aliphatic heterocycles. The molecule has 6 heteroatoms. The van der Waals surface area contributed by atoms with Crippen molar-refractivity contribution in [3.05, 3.63) is 220 Å². The van der Waals surface area contributed by atoms with E-state index in [-0.39, 0.29) is 10.8 Å². The van der Waals surface area contributed by atoms with Gasteiger partial charge in [0.2, 0.25) is 0 Å². The van der Waals surface area contributed by atoms with E-state index in [0.717, 1.165) is 82.6 Å². The quantitative estimate of drug-likeness (QED) is 0.166. The molecule has 0 radical (unpaired) electrons. The largest absolute Gasteiger partial charge is 0.307 e. The molecule has 0 bridgehead atoms. The van der Waals surface area contributed by atoms with Gasteiger partial charge >= 0.3 is 0 Å². The highest BCUT2D eigenvalue weighted by molar-refractivity contribution is 6.13. The molecule has 10 aromatic rings. The fourth-order valence-corrected chi connectivity index (χ4v) is 12.0. The maximum Gasteiger partial charge on any atom is 0.101 e. The van der Waals surface area contributed by atoms with Crippen LogP contribution in [-0.4, -0.2) is 9.13 Å². The second-order valence-electron chi connectivity index (χ2n) is 19.7. The van der Waals surface area contributed by atoms with Crippen LogP contribution in [-0.2, 0) is 10.8 Å². The molecule has 71 heavy (non-hydrogen) atoms. The highest BCUT2D eigenvalue weighted by atomic mass is 15.0. The third kappa shape index (κ3) is 5.96. The van der Waals surface area contributed by atoms with E-state index in [4.69, 9.17) is 0 Å². The van der Waals surface area contributed by atoms with Crippen LogP contribution >= 0.6 is 0 Å². The Bertz CT molecular complexity index is 4210. The highest BCUT2D eigenvalue weighted by Gasteiger charge is 2.38. The zero-order valence-electron chi connectivity index (χ0n) is 40.0. The predicted molar refractivity (Wildman–Crippen MR) is 287 cm³/mol. The van der Waals surface area contributed by atoms with Gasteiger partial charge in [0.1, 0.15) is 24.3 Å². The number of allylic oxidation sites excluding steroid dienone is 5. The molecule has 0 saturated heterocycles. The van der Waals surface area contributed by atoms with Crippen LogP contribution in [0.2, 0.25) is 0 Å². The average molecular weight is 909 g/mol. The van der Waals surface area contributed by atoms with Gasteiger partial charge in [0.15, 0.2) is 0 Å². The SMILES string of the molecule is C=CC1=C(/C=C\C)C(C)(C)c2cc3c(cc21)c1ccccc1n3-c1c(C#N)cc(-c2ccc(-c3cc(C#N)c(-n4c5ccccc5c5cc6c(cc54)C(C)(C)c4ccccc4-6)c(C#N)c3)cc2)cc1C#N. The van der Waals surface area contributed by atoms with Gasteiger partial charge in [-0.1, -0.05) is 137 Å². The molecule has 0 amide bonds. The molecule has 8 aromatic carbocycles. The summed E-state index contributed by atoms with van der Waals surface area (Å²) in [7, 11) is 0. The number of benzene rings is 8. The van der Waals surface area contributed by atoms with Crippen molar-refractivity contribution in [2.24, 2.45) is 0 Å². The van der Waals surface area contributed by atoms with E-state index in [1.54, 1.807) is 0 Å². The Morgan fingerprint density at radius 3 is 1.34 bits per heavy atom. The van der Waals surface area contributed by atoms with E-state index in [9.17, 15) is 21.0 Å². The van der Waals surface area contributed by atoms with Crippen molar-refractivity contribution >= 4 is 49.2 Å². The molecule has 2 aromatic heterocycles. The molecule has 12 rings (SSSR count). The van der Waals surface area contributed by atoms with Gasteiger partial charge in [0.25, 0.3) is 0 Å². The molecule has 0 saturated carbocycles. The molecular weight excluding hydrogens is 865 g/mol. The maximum atomic E-state index is 10.9. The van der Waals surface area contributed by atoms with Crippen molar-refractivity contribution < 1.29 is 0 Å². The molecule has 334 valence electrons. The molecule has 0 fully saturated rings. The molecule has 0 atom stereocenters. The van der Waals surface area contributed by atoms with E-state index in [1.165, 1.54) is 27.8 Å². The fourth-order valence-electron chi connectivity index (χ4n) is 12.0. The summed E-state index contributed by atoms with van der Waals surface area (Å²) in [4.78, 5) is 0. The Balaban J connectivity index is 0.958. The van der Waals surface area contributed by atoms with Gasteiger partial charge in [-0.3, -0.25) is 0 Å². The van der Waals surface area contributed by atoms with Crippen molar-refractivity contribution in [1.29, 1.82) is 21.0 Å². The number of nitrogens with zero attached hydrogens (tertiary/aromatic N) is 6. The summed E-state index contributed by atoms with van der Waals surface area (Å²) in [6.07, 6.45) is 6.18. The normalized spacial score (nSPS) is 14.1. The summed E-state index contributed by atoms with van der Waals surface area (Å²) in [6.45, 7) is 15.2. The topological polar surface area (TPSA) is 105 Å². The Labute approximate surface area is 412 Å². The number of aromatic nitrogens is 2. The van der Waals surface area contributed by atoms with E-state index in [0.29, 0.717) is 33.6 Å². The number of rotatable bonds is 6. The lowest BCUT2D eigenvalue weighted by Crippen LogP contribution is -2.16. The van der Waals surface area contributed by atoms with Crippen LogP contribution in [0.4, 0.5) is 0 Å². The predicted octanol–water partition coefficient (Wildman–Crippen LogP) is 15.8. The first-order valence-corrected chi connectivity index (χ1v) is 23.8. The number of hydrogen-bond donors (Lipinski definition) is 0. The first kappa shape index (κ1) is 42.9. The summed E-state index contributed by atoms with van der Waals surface area (Å²) in [5, 5.41) is 47.7. The monoisotopic (exact) mass is 908 g/mol. The van der Waals surface area contributed by atoms with Crippen LogP contribution in [0.25, 0.3) is 93.9 Å². The maximum absolute atomic E-state index is 10.9. The number of nitriles is 4. The lowest BCUT2D eigenvalue weighted by molar-refractivity contribution is 0.654. The molecule has 0 unspecified atom stereocenters. The van der Waals surface area contributed by atoms with Crippen LogP contribution in [0, 0.1) is 45.3 Å². The first-order valence-electron chi connectivity index (χ1n) is 23.8. The second kappa shape index (κ2) is 15.5. The van der Waals surface area contributed by atoms with Gasteiger partial charge in [0, 0.05) is 32.4 Å². The van der Waals surface area contributed by atoms with Gasteiger partial charge in [-0.2, -0.15) is 21.0 Å². The molecule has 2 aliphatic carbocycles. The minimum Gasteiger partial charge on any atom is -0.307 e. The zero-order chi connectivity index (χ0) is 49.1. The van der Waals surface area contributed by atoms with Crippen molar-refractivity contribution in [2.45, 2.75) is 45.4 Å². The summed E-state index contributed by atoms with van der Waals surface area (Å²) in [5.74, 6) is 0. The lowest BCUT2D eigenvalue weighted by Gasteiger charge is -2.23. The lowest BCUT2D eigenvalue weighted by atomic mass is 9.80. The summed E-state index contributed by atoms with van der Waals surface area (Å²) in [5.41, 5.74) is 18.4. The smallest absolute Gasteiger partial charge is 0.101 e. The third-order valence-electron chi connectivity index (χ3n) is 15.4. The van der Waals surface area contributed by atoms with Gasteiger partial charge in [-0.05, 0) is 134 Å². The average Bonchev–Trinajstić information content (AvgIpc) is 4.04. The molecule has 2 aliphatic rings. The van der Waals surface area contributed by atoms with Crippen LogP contribution in [0.15, 0.2) is 176 Å². The van der Waals surface area contributed by atoms with Crippen molar-refractivity contribution in [2.75, 3.05) is 0 Å². The van der Waals surface area contributed by atoms with E-state index in [1.807, 2.05) is 91.9 Å². The standard InChI is InChI=1S/C65H44N6/c1-7-15-54-46(8-2)50-30-52-48-17-10-13-20-58(48)70(60(52)32-56(50)64(54,3)4)62-42(34-66)26-40(27-43(62)35-67)38-22-24-39(25-23-38)41-28-44(36-68)63(45(29-41)37-69)71-59-21-14-11-18-49(59)53-31-51-47-16-9-12-19-55(47)65(5,6)57(51)33-61(53)71/h7-33H,2H2,1,3-6H3/b15-7-. The van der Waals surface area contributed by atoms with Gasteiger partial charge < -0.3 is 9.13 Å². The first-order chi connectivity index (χ1) is 34.5. The Kier molecular flexibility index (Phi) is 9.38. The van der Waals surface area contributed by atoms with E-state index >= 15 is 0 Å². The second-order valence-corrected chi connectivity index (χ2v) is 19.7. The highest BCUT2D eigenvalue weighted by Crippen LogP contribution is 2.52. The van der Waals surface area contributed by atoms with Crippen LogP contribution in [0.3, 0.4) is 0 Å². The van der Waals surface area contributed by atoms with Crippen LogP contribution in [0.5, 0.6) is 0 Å². The molecule has 0 N–H and O–H groups in total. The number of fused-ring (bicyclic) bond motifs is 10. The van der Waals surface area contributed by atoms with Crippen LogP contribution in [0.1, 0.15) is 79.1 Å². The minimum absolute atomic E-state index is 0.239. The van der Waals surface area contributed by atoms with E-state index in [2.05, 4.69) is 147 Å². The van der Waals surface area contributed by atoms with Crippen LogP contribution < -0.4 is 0 Å². The van der Waals surface area contributed by atoms with Crippen molar-refractivity contribution in [3.8, 4) is 69.0 Å². The summed E-state index contributed by atoms with van der Waals surface area (Å²) < 4.78 is 4.18. The van der Waals surface area contributed by atoms with Gasteiger partial charge in [-0.15, -0.1) is 0 Å². The summed E-state index contributed by atoms with van der Waals surface area (Å²) in [6, 6.07) is 59.1. The molecular formula is C65H44N6. The molecule has 0 spiro atoms. The third-order valence-corrected chi connectivity index (χ3v) is 15.4. The Hall–Kier alpha value is -9.46. The van der Waals surface area contributed by atoms with Crippen molar-refractivity contribution in [3.63, 3.8) is 0 Å². The van der Waals surface area contributed by atoms with Crippen molar-refractivity contribution in [1.82, 2.24) is 9.13 Å².